The second-order valence-corrected chi connectivity index (χ2v) is 8.62. The molecule has 1 saturated heterocycles. The fourth-order valence-corrected chi connectivity index (χ4v) is 4.61. The number of anilines is 1. The van der Waals surface area contributed by atoms with Gasteiger partial charge in [0.25, 0.3) is 5.91 Å². The van der Waals surface area contributed by atoms with Gasteiger partial charge in [-0.3, -0.25) is 19.3 Å². The van der Waals surface area contributed by atoms with Crippen LogP contribution in [0, 0.1) is 0 Å². The van der Waals surface area contributed by atoms with Crippen LogP contribution in [0.4, 0.5) is 5.69 Å². The van der Waals surface area contributed by atoms with Crippen LogP contribution in [0.2, 0.25) is 0 Å². The fourth-order valence-electron chi connectivity index (χ4n) is 3.64. The van der Waals surface area contributed by atoms with E-state index in [2.05, 4.69) is 16.4 Å². The molecule has 1 aliphatic heterocycles. The Morgan fingerprint density at radius 1 is 0.906 bits per heavy atom. The first-order valence-electron chi connectivity index (χ1n) is 10.3. The smallest absolute Gasteiger partial charge is 0.255 e. The van der Waals surface area contributed by atoms with Crippen molar-refractivity contribution in [1.82, 2.24) is 9.88 Å². The summed E-state index contributed by atoms with van der Waals surface area (Å²) in [5, 5.41) is 3.84. The molecule has 1 fully saturated rings. The lowest BCUT2D eigenvalue weighted by Gasteiger charge is -2.14. The van der Waals surface area contributed by atoms with Gasteiger partial charge in [-0.25, -0.2) is 4.98 Å². The maximum atomic E-state index is 12.6. The van der Waals surface area contributed by atoms with Crippen LogP contribution in [0.5, 0.6) is 0 Å². The molecule has 0 spiro atoms. The van der Waals surface area contributed by atoms with E-state index < -0.39 is 0 Å². The molecule has 0 saturated carbocycles. The highest BCUT2D eigenvalue weighted by Crippen LogP contribution is 2.30. The van der Waals surface area contributed by atoms with Crippen molar-refractivity contribution in [2.24, 2.45) is 0 Å². The molecule has 2 heterocycles. The number of para-hydroxylation sites is 1. The molecule has 0 bridgehead atoms. The maximum Gasteiger partial charge on any atom is 0.255 e. The third-order valence-corrected chi connectivity index (χ3v) is 6.48. The molecule has 1 aliphatic rings. The largest absolute Gasteiger partial charge is 0.322 e. The van der Waals surface area contributed by atoms with E-state index in [0.717, 1.165) is 26.4 Å². The Labute approximate surface area is 188 Å². The summed E-state index contributed by atoms with van der Waals surface area (Å²) in [5.41, 5.74) is 3.98. The number of fused-ring (bicyclic) bond motifs is 1. The zero-order valence-electron chi connectivity index (χ0n) is 17.1. The van der Waals surface area contributed by atoms with Crippen LogP contribution in [0.1, 0.15) is 28.8 Å². The normalized spacial score (nSPS) is 13.7. The zero-order chi connectivity index (χ0) is 22.1. The molecule has 4 aromatic rings. The Bertz CT molecular complexity index is 1280. The maximum absolute atomic E-state index is 12.6. The van der Waals surface area contributed by atoms with Crippen molar-refractivity contribution < 1.29 is 14.4 Å². The first-order valence-corrected chi connectivity index (χ1v) is 11.1. The Hall–Kier alpha value is -3.84. The second-order valence-electron chi connectivity index (χ2n) is 7.59. The van der Waals surface area contributed by atoms with Gasteiger partial charge in [-0.2, -0.15) is 0 Å². The fraction of sp³-hybridized carbons (Fsp3) is 0.120. The quantitative estimate of drug-likeness (QED) is 0.449. The summed E-state index contributed by atoms with van der Waals surface area (Å²) in [6, 6.07) is 22.6. The van der Waals surface area contributed by atoms with Crippen LogP contribution in [0.25, 0.3) is 20.8 Å². The third-order valence-electron chi connectivity index (χ3n) is 5.40. The SMILES string of the molecule is O=C(Nc1ccc(-c2nc3ccccc3s2)cc1)c1ccc(CN2C(=O)CCC2=O)cc1. The summed E-state index contributed by atoms with van der Waals surface area (Å²) in [4.78, 5) is 42.1. The van der Waals surface area contributed by atoms with Crippen LogP contribution in [0.15, 0.2) is 72.8 Å². The molecule has 0 aliphatic carbocycles. The summed E-state index contributed by atoms with van der Waals surface area (Å²) < 4.78 is 1.14. The topological polar surface area (TPSA) is 79.4 Å². The van der Waals surface area contributed by atoms with Crippen molar-refractivity contribution in [3.63, 3.8) is 0 Å². The molecule has 3 amide bonds. The second kappa shape index (κ2) is 8.36. The molecular weight excluding hydrogens is 422 g/mol. The predicted molar refractivity (Wildman–Crippen MR) is 124 cm³/mol. The van der Waals surface area contributed by atoms with Crippen LogP contribution < -0.4 is 5.32 Å². The predicted octanol–water partition coefficient (Wildman–Crippen LogP) is 4.86. The van der Waals surface area contributed by atoms with Crippen molar-refractivity contribution in [3.8, 4) is 10.6 Å². The number of carbonyl (C=O) groups excluding carboxylic acids is 3. The highest BCUT2D eigenvalue weighted by atomic mass is 32.1. The van der Waals surface area contributed by atoms with E-state index in [1.165, 1.54) is 4.90 Å². The lowest BCUT2D eigenvalue weighted by molar-refractivity contribution is -0.139. The molecule has 158 valence electrons. The first kappa shape index (κ1) is 20.1. The molecule has 32 heavy (non-hydrogen) atoms. The lowest BCUT2D eigenvalue weighted by Crippen LogP contribution is -2.28. The summed E-state index contributed by atoms with van der Waals surface area (Å²) >= 11 is 1.64. The Balaban J connectivity index is 1.24. The number of hydrogen-bond acceptors (Lipinski definition) is 5. The van der Waals surface area contributed by atoms with E-state index in [1.807, 2.05) is 42.5 Å². The molecule has 1 aromatic heterocycles. The minimum absolute atomic E-state index is 0.147. The summed E-state index contributed by atoms with van der Waals surface area (Å²) in [5.74, 6) is -0.519. The van der Waals surface area contributed by atoms with Gasteiger partial charge in [0.15, 0.2) is 0 Å². The van der Waals surface area contributed by atoms with Crippen molar-refractivity contribution in [3.05, 3.63) is 83.9 Å². The average Bonchev–Trinajstić information content (AvgIpc) is 3.38. The number of likely N-dealkylation sites (tertiary alicyclic amines) is 1. The minimum atomic E-state index is -0.224. The van der Waals surface area contributed by atoms with Crippen molar-refractivity contribution in [2.75, 3.05) is 5.32 Å². The number of thiazole rings is 1. The van der Waals surface area contributed by atoms with Crippen molar-refractivity contribution in [1.29, 1.82) is 0 Å². The van der Waals surface area contributed by atoms with E-state index in [1.54, 1.807) is 35.6 Å². The molecule has 0 radical (unpaired) electrons. The van der Waals surface area contributed by atoms with Gasteiger partial charge in [-0.15, -0.1) is 11.3 Å². The molecule has 0 atom stereocenters. The highest BCUT2D eigenvalue weighted by molar-refractivity contribution is 7.21. The Kier molecular flexibility index (Phi) is 5.25. The first-order chi connectivity index (χ1) is 15.6. The van der Waals surface area contributed by atoms with E-state index in [4.69, 9.17) is 0 Å². The Morgan fingerprint density at radius 3 is 2.28 bits per heavy atom. The van der Waals surface area contributed by atoms with Crippen LogP contribution in [-0.4, -0.2) is 27.6 Å². The molecule has 1 N–H and O–H groups in total. The lowest BCUT2D eigenvalue weighted by atomic mass is 10.1. The van der Waals surface area contributed by atoms with Gasteiger partial charge in [0.1, 0.15) is 5.01 Å². The highest BCUT2D eigenvalue weighted by Gasteiger charge is 2.28. The van der Waals surface area contributed by atoms with Crippen LogP contribution in [-0.2, 0) is 16.1 Å². The van der Waals surface area contributed by atoms with E-state index in [9.17, 15) is 14.4 Å². The number of nitrogens with one attached hydrogen (secondary N) is 1. The minimum Gasteiger partial charge on any atom is -0.322 e. The van der Waals surface area contributed by atoms with Gasteiger partial charge >= 0.3 is 0 Å². The number of nitrogens with zero attached hydrogens (tertiary/aromatic N) is 2. The summed E-state index contributed by atoms with van der Waals surface area (Å²) in [6.45, 7) is 0.243. The third kappa shape index (κ3) is 4.02. The standard InChI is InChI=1S/C25H19N3O3S/c29-22-13-14-23(30)28(22)15-16-5-7-17(8-6-16)24(31)26-19-11-9-18(10-12-19)25-27-20-3-1-2-4-21(20)32-25/h1-12H,13-15H2,(H,26,31). The van der Waals surface area contributed by atoms with Crippen molar-refractivity contribution in [2.45, 2.75) is 19.4 Å². The molecule has 7 heteroatoms. The number of aromatic nitrogens is 1. The molecule has 6 nitrogen and oxygen atoms in total. The molecule has 0 unspecified atom stereocenters. The summed E-state index contributed by atoms with van der Waals surface area (Å²) in [6.07, 6.45) is 0.550. The number of amides is 3. The van der Waals surface area contributed by atoms with Gasteiger partial charge in [0, 0.05) is 29.7 Å². The zero-order valence-corrected chi connectivity index (χ0v) is 17.9. The number of hydrogen-bond donors (Lipinski definition) is 1. The van der Waals surface area contributed by atoms with Gasteiger partial charge in [-0.05, 0) is 54.1 Å². The van der Waals surface area contributed by atoms with Gasteiger partial charge < -0.3 is 5.32 Å². The van der Waals surface area contributed by atoms with Gasteiger partial charge in [0.05, 0.1) is 16.8 Å². The average molecular weight is 442 g/mol. The number of benzene rings is 3. The number of imide groups is 1. The van der Waals surface area contributed by atoms with Crippen LogP contribution in [0.3, 0.4) is 0 Å². The Morgan fingerprint density at radius 2 is 1.59 bits per heavy atom. The number of rotatable bonds is 5. The molecule has 5 rings (SSSR count). The van der Waals surface area contributed by atoms with Gasteiger partial charge in [0.2, 0.25) is 11.8 Å². The van der Waals surface area contributed by atoms with E-state index in [0.29, 0.717) is 11.3 Å². The molecular formula is C25H19N3O3S. The summed E-state index contributed by atoms with van der Waals surface area (Å²) in [7, 11) is 0. The van der Waals surface area contributed by atoms with Gasteiger partial charge in [-0.1, -0.05) is 24.3 Å². The monoisotopic (exact) mass is 441 g/mol. The number of carbonyl (C=O) groups is 3. The van der Waals surface area contributed by atoms with E-state index >= 15 is 0 Å². The van der Waals surface area contributed by atoms with Crippen molar-refractivity contribution >= 4 is 45.0 Å². The molecule has 3 aromatic carbocycles. The van der Waals surface area contributed by atoms with Crippen LogP contribution >= 0.6 is 11.3 Å². The van der Waals surface area contributed by atoms with E-state index in [-0.39, 0.29) is 37.1 Å².